The highest BCUT2D eigenvalue weighted by Gasteiger charge is 2.32. The molecular formula is C23H30N6O8. The lowest BCUT2D eigenvalue weighted by Gasteiger charge is -2.25. The van der Waals surface area contributed by atoms with Gasteiger partial charge in [0.2, 0.25) is 17.7 Å². The van der Waals surface area contributed by atoms with Crippen LogP contribution in [-0.2, 0) is 36.8 Å². The first-order valence-corrected chi connectivity index (χ1v) is 11.3. The van der Waals surface area contributed by atoms with E-state index in [-0.39, 0.29) is 12.8 Å². The van der Waals surface area contributed by atoms with Crippen LogP contribution in [0, 0.1) is 0 Å². The molecule has 5 atom stereocenters. The zero-order chi connectivity index (χ0) is 27.5. The summed E-state index contributed by atoms with van der Waals surface area (Å²) in [6, 6.07) is 2.95. The first-order valence-electron chi connectivity index (χ1n) is 11.3. The third-order valence-electron chi connectivity index (χ3n) is 5.31. The molecule has 0 saturated carbocycles. The monoisotopic (exact) mass is 518 g/mol. The molecule has 14 heteroatoms. The molecule has 1 heterocycles. The summed E-state index contributed by atoms with van der Waals surface area (Å²) in [5.41, 5.74) is 6.71. The Morgan fingerprint density at radius 3 is 2.08 bits per heavy atom. The summed E-state index contributed by atoms with van der Waals surface area (Å²) in [7, 11) is 0. The molecule has 0 fully saturated rings. The molecule has 2 rings (SSSR count). The van der Waals surface area contributed by atoms with Gasteiger partial charge in [0.1, 0.15) is 12.1 Å². The van der Waals surface area contributed by atoms with E-state index in [0.717, 1.165) is 0 Å². The van der Waals surface area contributed by atoms with Gasteiger partial charge in [-0.15, -0.1) is 0 Å². The van der Waals surface area contributed by atoms with Gasteiger partial charge in [0.05, 0.1) is 24.9 Å². The number of nitrogens with two attached hydrogens (primary N) is 1. The molecule has 0 aliphatic rings. The lowest BCUT2D eigenvalue weighted by molar-refractivity contribution is -0.145. The number of hydrogen-bond acceptors (Lipinski definition) is 8. The van der Waals surface area contributed by atoms with E-state index in [4.69, 9.17) is 10.8 Å². The first kappa shape index (κ1) is 28.9. The number of nitrogens with one attached hydrogen (secondary N) is 4. The zero-order valence-electron chi connectivity index (χ0n) is 20.0. The van der Waals surface area contributed by atoms with E-state index in [0.29, 0.717) is 11.3 Å². The fraction of sp³-hybridized carbons (Fsp3) is 0.391. The number of benzene rings is 1. The third kappa shape index (κ3) is 9.35. The molecule has 0 saturated heterocycles. The SMILES string of the molecule is CC(O)C(NC(=O)C(Cc1ccccc1)NC(=O)C(Cc1cnc[nH]1)NC(=O)C(N)CC(=O)O)C(=O)O. The molecule has 0 bridgehead atoms. The third-order valence-corrected chi connectivity index (χ3v) is 5.31. The van der Waals surface area contributed by atoms with Crippen LogP contribution in [0.3, 0.4) is 0 Å². The minimum absolute atomic E-state index is 0.0339. The number of aliphatic carboxylic acids is 2. The topological polar surface area (TPSA) is 237 Å². The number of aromatic nitrogens is 2. The van der Waals surface area contributed by atoms with Crippen LogP contribution in [0.4, 0.5) is 0 Å². The predicted octanol–water partition coefficient (Wildman–Crippen LogP) is -2.08. The highest BCUT2D eigenvalue weighted by Crippen LogP contribution is 2.07. The number of carbonyl (C=O) groups excluding carboxylic acids is 3. The van der Waals surface area contributed by atoms with Gasteiger partial charge in [0, 0.05) is 24.7 Å². The van der Waals surface area contributed by atoms with Crippen molar-refractivity contribution in [2.45, 2.75) is 56.5 Å². The second kappa shape index (κ2) is 13.7. The molecule has 3 amide bonds. The summed E-state index contributed by atoms with van der Waals surface area (Å²) in [5.74, 6) is -5.36. The van der Waals surface area contributed by atoms with E-state index in [1.165, 1.54) is 19.4 Å². The average Bonchev–Trinajstić information content (AvgIpc) is 3.34. The molecule has 2 aromatic rings. The van der Waals surface area contributed by atoms with Gasteiger partial charge in [0.15, 0.2) is 6.04 Å². The van der Waals surface area contributed by atoms with Crippen molar-refractivity contribution < 1.29 is 39.3 Å². The highest BCUT2D eigenvalue weighted by molar-refractivity contribution is 5.95. The Kier molecular flexibility index (Phi) is 10.7. The van der Waals surface area contributed by atoms with Gasteiger partial charge in [-0.1, -0.05) is 30.3 Å². The number of carboxylic acid groups (broad SMARTS) is 2. The van der Waals surface area contributed by atoms with Gasteiger partial charge in [-0.05, 0) is 12.5 Å². The average molecular weight is 519 g/mol. The lowest BCUT2D eigenvalue weighted by atomic mass is 10.0. The fourth-order valence-electron chi connectivity index (χ4n) is 3.36. The fourth-order valence-corrected chi connectivity index (χ4v) is 3.36. The number of carbonyl (C=O) groups is 5. The summed E-state index contributed by atoms with van der Waals surface area (Å²) in [5, 5.41) is 35.1. The van der Waals surface area contributed by atoms with Crippen LogP contribution in [0.5, 0.6) is 0 Å². The Morgan fingerprint density at radius 1 is 0.946 bits per heavy atom. The maximum atomic E-state index is 13.2. The van der Waals surface area contributed by atoms with Crippen molar-refractivity contribution in [1.29, 1.82) is 0 Å². The van der Waals surface area contributed by atoms with Gasteiger partial charge < -0.3 is 42.0 Å². The number of rotatable bonds is 14. The minimum Gasteiger partial charge on any atom is -0.481 e. The smallest absolute Gasteiger partial charge is 0.328 e. The van der Waals surface area contributed by atoms with Crippen LogP contribution in [0.15, 0.2) is 42.9 Å². The van der Waals surface area contributed by atoms with Crippen LogP contribution >= 0.6 is 0 Å². The number of nitrogens with zero attached hydrogens (tertiary/aromatic N) is 1. The molecule has 37 heavy (non-hydrogen) atoms. The van der Waals surface area contributed by atoms with Gasteiger partial charge in [0.25, 0.3) is 0 Å². The van der Waals surface area contributed by atoms with Crippen molar-refractivity contribution in [2.24, 2.45) is 5.73 Å². The predicted molar refractivity (Wildman–Crippen MR) is 128 cm³/mol. The molecule has 0 aliphatic heterocycles. The Bertz CT molecular complexity index is 1080. The van der Waals surface area contributed by atoms with Crippen molar-refractivity contribution >= 4 is 29.7 Å². The van der Waals surface area contributed by atoms with Crippen molar-refractivity contribution in [3.63, 3.8) is 0 Å². The van der Waals surface area contributed by atoms with Gasteiger partial charge in [-0.25, -0.2) is 9.78 Å². The van der Waals surface area contributed by atoms with E-state index in [1.807, 2.05) is 0 Å². The van der Waals surface area contributed by atoms with Crippen LogP contribution in [0.1, 0.15) is 24.6 Å². The van der Waals surface area contributed by atoms with E-state index >= 15 is 0 Å². The summed E-state index contributed by atoms with van der Waals surface area (Å²) in [6.07, 6.45) is 0.557. The molecule has 1 aromatic carbocycles. The van der Waals surface area contributed by atoms with Gasteiger partial charge in [-0.2, -0.15) is 0 Å². The summed E-state index contributed by atoms with van der Waals surface area (Å²) < 4.78 is 0. The quantitative estimate of drug-likeness (QED) is 0.136. The van der Waals surface area contributed by atoms with Crippen LogP contribution in [0.2, 0.25) is 0 Å². The van der Waals surface area contributed by atoms with E-state index in [9.17, 15) is 34.2 Å². The molecular weight excluding hydrogens is 488 g/mol. The molecule has 0 radical (unpaired) electrons. The zero-order valence-corrected chi connectivity index (χ0v) is 20.0. The molecule has 0 spiro atoms. The number of aromatic amines is 1. The second-order valence-electron chi connectivity index (χ2n) is 8.36. The minimum atomic E-state index is -1.63. The largest absolute Gasteiger partial charge is 0.481 e. The van der Waals surface area contributed by atoms with E-state index in [1.54, 1.807) is 30.3 Å². The molecule has 200 valence electrons. The van der Waals surface area contributed by atoms with Crippen molar-refractivity contribution in [2.75, 3.05) is 0 Å². The molecule has 5 unspecified atom stereocenters. The van der Waals surface area contributed by atoms with Crippen molar-refractivity contribution in [3.8, 4) is 0 Å². The maximum Gasteiger partial charge on any atom is 0.328 e. The second-order valence-corrected chi connectivity index (χ2v) is 8.36. The number of hydrogen-bond donors (Lipinski definition) is 8. The summed E-state index contributed by atoms with van der Waals surface area (Å²) >= 11 is 0. The number of aliphatic hydroxyl groups excluding tert-OH is 1. The Labute approximate surface area is 211 Å². The Hall–Kier alpha value is -4.30. The number of aliphatic hydroxyl groups is 1. The Morgan fingerprint density at radius 2 is 1.54 bits per heavy atom. The summed E-state index contributed by atoms with van der Waals surface area (Å²) in [4.78, 5) is 67.7. The van der Waals surface area contributed by atoms with Crippen LogP contribution in [-0.4, -0.2) is 85.2 Å². The van der Waals surface area contributed by atoms with Gasteiger partial charge >= 0.3 is 11.9 Å². The number of H-pyrrole nitrogens is 1. The van der Waals surface area contributed by atoms with Gasteiger partial charge in [-0.3, -0.25) is 19.2 Å². The van der Waals surface area contributed by atoms with E-state index < -0.39 is 66.4 Å². The summed E-state index contributed by atoms with van der Waals surface area (Å²) in [6.45, 7) is 1.19. The standard InChI is InChI=1S/C23H30N6O8/c1-12(30)19(23(36)37)29-22(35)16(7-13-5-3-2-4-6-13)28-21(34)17(8-14-10-25-11-26-14)27-20(33)15(24)9-18(31)32/h2-6,10-12,15-17,19,30H,7-9,24H2,1H3,(H,25,26)(H,27,33)(H,28,34)(H,29,35)(H,31,32)(H,36,37). The number of imidazole rings is 1. The maximum absolute atomic E-state index is 13.2. The first-order chi connectivity index (χ1) is 17.5. The molecule has 14 nitrogen and oxygen atoms in total. The lowest BCUT2D eigenvalue weighted by Crippen LogP contribution is -2.59. The normalized spacial score (nSPS) is 14.9. The van der Waals surface area contributed by atoms with Crippen LogP contribution in [0.25, 0.3) is 0 Å². The van der Waals surface area contributed by atoms with E-state index in [2.05, 4.69) is 25.9 Å². The Balaban J connectivity index is 2.27. The molecule has 9 N–H and O–H groups in total. The number of carboxylic acids is 2. The van der Waals surface area contributed by atoms with Crippen molar-refractivity contribution in [1.82, 2.24) is 25.9 Å². The molecule has 0 aliphatic carbocycles. The highest BCUT2D eigenvalue weighted by atomic mass is 16.4. The van der Waals surface area contributed by atoms with Crippen molar-refractivity contribution in [3.05, 3.63) is 54.1 Å². The number of amides is 3. The van der Waals surface area contributed by atoms with Crippen LogP contribution < -0.4 is 21.7 Å². The molecule has 1 aromatic heterocycles.